The van der Waals surface area contributed by atoms with E-state index in [0.29, 0.717) is 12.8 Å². The summed E-state index contributed by atoms with van der Waals surface area (Å²) in [7, 11) is 1.41. The van der Waals surface area contributed by atoms with E-state index in [1.165, 1.54) is 36.5 Å². The standard InChI is InChI=1S/C39H52O6/c1-23(2)12-15-27-21-38-22-28(16-13-24(3)4)37(9,10)45-34(38)31(32(41)26-14-17-29(40)30(20-26)44-11)33(42)39(35(38)43,36(27,7)8)19-18-25(5)6/h12-14,17-18,20,27-28,40H,15-16,19,21-22H2,1-11H3. The Morgan fingerprint density at radius 3 is 2.02 bits per heavy atom. The first-order chi connectivity index (χ1) is 20.9. The van der Waals surface area contributed by atoms with E-state index in [4.69, 9.17) is 9.47 Å². The number of methoxy groups -OCH3 is 1. The van der Waals surface area contributed by atoms with Crippen LogP contribution in [0.15, 0.2) is 64.5 Å². The van der Waals surface area contributed by atoms with Crippen LogP contribution in [0.2, 0.25) is 0 Å². The van der Waals surface area contributed by atoms with Gasteiger partial charge in [-0.15, -0.1) is 0 Å². The van der Waals surface area contributed by atoms with E-state index in [0.717, 1.165) is 18.4 Å². The van der Waals surface area contributed by atoms with E-state index < -0.39 is 33.4 Å². The number of hydrogen-bond acceptors (Lipinski definition) is 6. The zero-order chi connectivity index (χ0) is 33.7. The highest BCUT2D eigenvalue weighted by Crippen LogP contribution is 2.69. The first-order valence-corrected chi connectivity index (χ1v) is 16.2. The maximum atomic E-state index is 15.4. The summed E-state index contributed by atoms with van der Waals surface area (Å²) in [5.41, 5.74) is -0.509. The molecule has 3 aliphatic rings. The molecule has 1 saturated carbocycles. The van der Waals surface area contributed by atoms with Crippen molar-refractivity contribution >= 4 is 17.3 Å². The van der Waals surface area contributed by atoms with Crippen molar-refractivity contribution in [1.29, 1.82) is 0 Å². The summed E-state index contributed by atoms with van der Waals surface area (Å²) in [4.78, 5) is 45.3. The number of ether oxygens (including phenoxy) is 2. The molecule has 6 heteroatoms. The molecule has 6 nitrogen and oxygen atoms in total. The third kappa shape index (κ3) is 5.63. The summed E-state index contributed by atoms with van der Waals surface area (Å²) in [5.74, 6) is -0.831. The zero-order valence-electron chi connectivity index (χ0n) is 29.1. The van der Waals surface area contributed by atoms with E-state index in [2.05, 4.69) is 39.8 Å². The first kappa shape index (κ1) is 34.5. The minimum atomic E-state index is -1.45. The monoisotopic (exact) mass is 616 g/mol. The summed E-state index contributed by atoms with van der Waals surface area (Å²) in [6.45, 7) is 20.3. The second kappa shape index (κ2) is 12.1. The second-order valence-corrected chi connectivity index (χ2v) is 15.3. The van der Waals surface area contributed by atoms with E-state index in [1.54, 1.807) is 0 Å². The van der Waals surface area contributed by atoms with Gasteiger partial charge in [0.25, 0.3) is 0 Å². The predicted molar refractivity (Wildman–Crippen MR) is 178 cm³/mol. The third-order valence-electron chi connectivity index (χ3n) is 10.9. The number of rotatable bonds is 9. The quantitative estimate of drug-likeness (QED) is 0.129. The maximum absolute atomic E-state index is 15.4. The van der Waals surface area contributed by atoms with Crippen LogP contribution in [0.1, 0.15) is 112 Å². The number of Topliss-reactive ketones (excluding diaryl/α,β-unsaturated/α-hetero) is 3. The predicted octanol–water partition coefficient (Wildman–Crippen LogP) is 8.89. The van der Waals surface area contributed by atoms with Gasteiger partial charge in [0.05, 0.1) is 12.5 Å². The van der Waals surface area contributed by atoms with Crippen LogP contribution >= 0.6 is 0 Å². The van der Waals surface area contributed by atoms with Gasteiger partial charge in [0.2, 0.25) is 0 Å². The fourth-order valence-electron chi connectivity index (χ4n) is 7.87. The molecular formula is C39H52O6. The largest absolute Gasteiger partial charge is 0.504 e. The number of hydrogen-bond donors (Lipinski definition) is 1. The Morgan fingerprint density at radius 1 is 0.911 bits per heavy atom. The van der Waals surface area contributed by atoms with E-state index >= 15 is 9.59 Å². The van der Waals surface area contributed by atoms with E-state index in [1.807, 2.05) is 47.6 Å². The molecule has 1 spiro atoms. The molecule has 0 radical (unpaired) electrons. The molecule has 4 unspecified atom stereocenters. The molecule has 2 bridgehead atoms. The molecule has 45 heavy (non-hydrogen) atoms. The molecule has 4 atom stereocenters. The summed E-state index contributed by atoms with van der Waals surface area (Å²) in [6.07, 6.45) is 9.06. The Morgan fingerprint density at radius 2 is 1.47 bits per heavy atom. The fourth-order valence-corrected chi connectivity index (χ4v) is 7.87. The average molecular weight is 617 g/mol. The number of phenols is 1. The molecule has 1 N–H and O–H groups in total. The number of aromatic hydroxyl groups is 1. The molecule has 244 valence electrons. The van der Waals surface area contributed by atoms with Crippen molar-refractivity contribution in [2.75, 3.05) is 7.11 Å². The van der Waals surface area contributed by atoms with Crippen LogP contribution in [0.3, 0.4) is 0 Å². The number of ketones is 3. The van der Waals surface area contributed by atoms with Crippen molar-refractivity contribution in [3.63, 3.8) is 0 Å². The van der Waals surface area contributed by atoms with Crippen molar-refractivity contribution < 1.29 is 29.0 Å². The van der Waals surface area contributed by atoms with Crippen molar-refractivity contribution in [1.82, 2.24) is 0 Å². The Kier molecular flexibility index (Phi) is 9.25. The van der Waals surface area contributed by atoms with Gasteiger partial charge < -0.3 is 14.6 Å². The number of benzene rings is 1. The average Bonchev–Trinajstić information content (AvgIpc) is 2.94. The van der Waals surface area contributed by atoms with Gasteiger partial charge in [0, 0.05) is 11.5 Å². The summed E-state index contributed by atoms with van der Waals surface area (Å²) >= 11 is 0. The van der Waals surface area contributed by atoms with Crippen LogP contribution in [0.5, 0.6) is 11.5 Å². The van der Waals surface area contributed by atoms with Crippen LogP contribution in [0.4, 0.5) is 0 Å². The molecule has 4 rings (SSSR count). The first-order valence-electron chi connectivity index (χ1n) is 16.2. The Bertz CT molecular complexity index is 1520. The van der Waals surface area contributed by atoms with Gasteiger partial charge in [-0.2, -0.15) is 0 Å². The smallest absolute Gasteiger partial charge is 0.200 e. The van der Waals surface area contributed by atoms with Crippen LogP contribution in [0.25, 0.3) is 0 Å². The molecule has 2 fully saturated rings. The molecule has 1 aromatic rings. The highest BCUT2D eigenvalue weighted by molar-refractivity contribution is 6.35. The van der Waals surface area contributed by atoms with Crippen molar-refractivity contribution in [3.05, 3.63) is 70.0 Å². The lowest BCUT2D eigenvalue weighted by Crippen LogP contribution is -2.69. The Balaban J connectivity index is 2.10. The minimum Gasteiger partial charge on any atom is -0.504 e. The summed E-state index contributed by atoms with van der Waals surface area (Å²) in [6, 6.07) is 4.34. The summed E-state index contributed by atoms with van der Waals surface area (Å²) < 4.78 is 12.2. The van der Waals surface area contributed by atoms with Crippen LogP contribution in [-0.4, -0.2) is 35.2 Å². The molecule has 1 heterocycles. The van der Waals surface area contributed by atoms with Crippen molar-refractivity contribution in [2.45, 2.75) is 107 Å². The van der Waals surface area contributed by atoms with Gasteiger partial charge in [0.15, 0.2) is 28.8 Å². The molecule has 1 aromatic carbocycles. The van der Waals surface area contributed by atoms with Crippen molar-refractivity contribution in [2.24, 2.45) is 28.1 Å². The van der Waals surface area contributed by atoms with Crippen LogP contribution in [0, 0.1) is 28.1 Å². The maximum Gasteiger partial charge on any atom is 0.200 e. The SMILES string of the molecule is COc1cc(C(=O)C2=C3OC(C)(C)C(CC=C(C)C)CC34CC(CC=C(C)C)C(C)(C)C(CC=C(C)C)(C2=O)C4=O)ccc1O. The van der Waals surface area contributed by atoms with Crippen LogP contribution < -0.4 is 4.74 Å². The number of phenolic OH excluding ortho intramolecular Hbond substituents is 1. The number of fused-ring (bicyclic) bond motifs is 1. The zero-order valence-corrected chi connectivity index (χ0v) is 29.1. The van der Waals surface area contributed by atoms with Gasteiger partial charge in [-0.3, -0.25) is 14.4 Å². The molecule has 0 amide bonds. The third-order valence-corrected chi connectivity index (χ3v) is 10.9. The normalized spacial score (nSPS) is 28.0. The summed E-state index contributed by atoms with van der Waals surface area (Å²) in [5, 5.41) is 10.3. The molecule has 1 saturated heterocycles. The van der Waals surface area contributed by atoms with Crippen molar-refractivity contribution in [3.8, 4) is 11.5 Å². The number of carbonyl (C=O) groups excluding carboxylic acids is 3. The van der Waals surface area contributed by atoms with E-state index in [9.17, 15) is 9.90 Å². The molecular weight excluding hydrogens is 564 g/mol. The van der Waals surface area contributed by atoms with E-state index in [-0.39, 0.29) is 52.4 Å². The molecule has 0 aromatic heterocycles. The van der Waals surface area contributed by atoms with Gasteiger partial charge in [-0.1, -0.05) is 48.8 Å². The lowest BCUT2D eigenvalue weighted by Gasteiger charge is -2.64. The highest BCUT2D eigenvalue weighted by atomic mass is 16.5. The highest BCUT2D eigenvalue weighted by Gasteiger charge is 2.74. The Hall–Kier alpha value is -3.41. The number of allylic oxidation sites excluding steroid dienone is 8. The van der Waals surface area contributed by atoms with Gasteiger partial charge in [0.1, 0.15) is 22.3 Å². The van der Waals surface area contributed by atoms with Gasteiger partial charge >= 0.3 is 0 Å². The molecule has 2 aliphatic carbocycles. The minimum absolute atomic E-state index is 0.00561. The van der Waals surface area contributed by atoms with Gasteiger partial charge in [-0.05, 0) is 117 Å². The number of carbonyl (C=O) groups is 3. The van der Waals surface area contributed by atoms with Crippen LogP contribution in [-0.2, 0) is 14.3 Å². The topological polar surface area (TPSA) is 89.9 Å². The lowest BCUT2D eigenvalue weighted by atomic mass is 9.39. The Labute approximate surface area is 269 Å². The lowest BCUT2D eigenvalue weighted by molar-refractivity contribution is -0.188. The fraction of sp³-hybridized carbons (Fsp3) is 0.564. The van der Waals surface area contributed by atoms with Gasteiger partial charge in [-0.25, -0.2) is 0 Å². The second-order valence-electron chi connectivity index (χ2n) is 15.3. The molecule has 1 aliphatic heterocycles.